The smallest absolute Gasteiger partial charge is 0.270 e. The van der Waals surface area contributed by atoms with Crippen molar-refractivity contribution in [2.24, 2.45) is 5.10 Å². The van der Waals surface area contributed by atoms with E-state index in [0.29, 0.717) is 5.69 Å². The fraction of sp³-hybridized carbons (Fsp3) is 0.250. The molecule has 2 aromatic carbocycles. The van der Waals surface area contributed by atoms with E-state index in [0.717, 1.165) is 6.07 Å². The highest BCUT2D eigenvalue weighted by atomic mass is 32.2. The van der Waals surface area contributed by atoms with Gasteiger partial charge in [-0.15, -0.1) is 0 Å². The summed E-state index contributed by atoms with van der Waals surface area (Å²) in [7, 11) is -3.99. The first-order valence-corrected chi connectivity index (χ1v) is 11.1. The lowest BCUT2D eigenvalue weighted by atomic mass is 10.1. The van der Waals surface area contributed by atoms with E-state index in [9.17, 15) is 28.1 Å². The molecule has 1 heterocycles. The van der Waals surface area contributed by atoms with Gasteiger partial charge in [-0.2, -0.15) is 5.10 Å². The number of rotatable bonds is 9. The van der Waals surface area contributed by atoms with Gasteiger partial charge in [0.05, 0.1) is 15.5 Å². The van der Waals surface area contributed by atoms with Gasteiger partial charge in [-0.25, -0.2) is 13.1 Å². The molecule has 1 aliphatic rings. The number of amides is 1. The summed E-state index contributed by atoms with van der Waals surface area (Å²) < 4.78 is 26.9. The number of benzene rings is 2. The number of hydrogen-bond donors (Lipinski definition) is 2. The lowest BCUT2D eigenvalue weighted by molar-refractivity contribution is -0.385. The predicted molar refractivity (Wildman–Crippen MR) is 117 cm³/mol. The number of anilines is 1. The van der Waals surface area contributed by atoms with Crippen LogP contribution in [0.15, 0.2) is 64.6 Å². The number of carbonyl (C=O) groups is 2. The third-order valence-electron chi connectivity index (χ3n) is 4.70. The molecule has 11 nitrogen and oxygen atoms in total. The van der Waals surface area contributed by atoms with Crippen LogP contribution in [0.25, 0.3) is 0 Å². The Hall–Kier alpha value is -3.64. The second-order valence-electron chi connectivity index (χ2n) is 6.97. The standard InChI is InChI=1S/C20H21N5O6S/c1-14(26)19-13-18(23-24(19)15-6-3-2-4-7-15)20(27)21-10-11-22-32(30,31)17-9-5-8-16(12-17)25(28)29/h2-9,12,19,22H,10-11,13H2,1H3,(H,21,27). The number of nitro groups is 1. The first-order valence-electron chi connectivity index (χ1n) is 9.63. The van der Waals surface area contributed by atoms with Crippen LogP contribution in [-0.2, 0) is 19.6 Å². The SMILES string of the molecule is CC(=O)C1CC(C(=O)NCCNS(=O)(=O)c2cccc([N+](=O)[O-])c2)=NN1c1ccccc1. The van der Waals surface area contributed by atoms with E-state index >= 15 is 0 Å². The van der Waals surface area contributed by atoms with Gasteiger partial charge < -0.3 is 5.32 Å². The van der Waals surface area contributed by atoms with Gasteiger partial charge in [0, 0.05) is 31.6 Å². The van der Waals surface area contributed by atoms with Crippen molar-refractivity contribution in [3.63, 3.8) is 0 Å². The van der Waals surface area contributed by atoms with Gasteiger partial charge in [-0.3, -0.25) is 24.7 Å². The number of nitro benzene ring substituents is 1. The van der Waals surface area contributed by atoms with E-state index in [-0.39, 0.29) is 41.6 Å². The molecule has 0 aromatic heterocycles. The highest BCUT2D eigenvalue weighted by Gasteiger charge is 2.34. The summed E-state index contributed by atoms with van der Waals surface area (Å²) in [6, 6.07) is 13.0. The lowest BCUT2D eigenvalue weighted by Crippen LogP contribution is -2.38. The van der Waals surface area contributed by atoms with Crippen molar-refractivity contribution in [1.29, 1.82) is 0 Å². The van der Waals surface area contributed by atoms with Gasteiger partial charge in [-0.1, -0.05) is 24.3 Å². The molecule has 168 valence electrons. The first-order chi connectivity index (χ1) is 15.2. The third kappa shape index (κ3) is 5.34. The molecule has 0 aliphatic carbocycles. The Labute approximate surface area is 184 Å². The normalized spacial score (nSPS) is 15.8. The van der Waals surface area contributed by atoms with Crippen LogP contribution in [0.3, 0.4) is 0 Å². The first kappa shape index (κ1) is 23.0. The zero-order valence-electron chi connectivity index (χ0n) is 17.1. The Balaban J connectivity index is 1.58. The van der Waals surface area contributed by atoms with Crippen molar-refractivity contribution in [2.45, 2.75) is 24.3 Å². The number of hydrazone groups is 1. The van der Waals surface area contributed by atoms with Crippen molar-refractivity contribution in [1.82, 2.24) is 10.0 Å². The zero-order chi connectivity index (χ0) is 23.3. The number of Topliss-reactive ketones (excluding diaryl/α,β-unsaturated/α-hetero) is 1. The van der Waals surface area contributed by atoms with Crippen LogP contribution in [0.4, 0.5) is 11.4 Å². The third-order valence-corrected chi connectivity index (χ3v) is 6.16. The van der Waals surface area contributed by atoms with Crippen molar-refractivity contribution in [3.05, 3.63) is 64.7 Å². The Morgan fingerprint density at radius 1 is 1.16 bits per heavy atom. The van der Waals surface area contributed by atoms with Gasteiger partial charge in [0.15, 0.2) is 5.78 Å². The van der Waals surface area contributed by atoms with Gasteiger partial charge in [0.1, 0.15) is 11.8 Å². The molecule has 0 fully saturated rings. The molecular weight excluding hydrogens is 438 g/mol. The van der Waals surface area contributed by atoms with E-state index in [1.165, 1.54) is 30.1 Å². The maximum atomic E-state index is 12.5. The molecule has 2 N–H and O–H groups in total. The molecule has 1 aliphatic heterocycles. The monoisotopic (exact) mass is 459 g/mol. The molecule has 0 spiro atoms. The second-order valence-corrected chi connectivity index (χ2v) is 8.73. The van der Waals surface area contributed by atoms with Gasteiger partial charge >= 0.3 is 0 Å². The molecule has 0 bridgehead atoms. The van der Waals surface area contributed by atoms with E-state index in [1.807, 2.05) is 6.07 Å². The minimum Gasteiger partial charge on any atom is -0.350 e. The number of ketones is 1. The lowest BCUT2D eigenvalue weighted by Gasteiger charge is -2.20. The highest BCUT2D eigenvalue weighted by Crippen LogP contribution is 2.25. The van der Waals surface area contributed by atoms with Crippen LogP contribution >= 0.6 is 0 Å². The average molecular weight is 459 g/mol. The minimum atomic E-state index is -3.99. The van der Waals surface area contributed by atoms with Crippen molar-refractivity contribution in [2.75, 3.05) is 18.1 Å². The number of sulfonamides is 1. The van der Waals surface area contributed by atoms with Crippen molar-refractivity contribution in [3.8, 4) is 0 Å². The summed E-state index contributed by atoms with van der Waals surface area (Å²) in [6.45, 7) is 1.25. The topological polar surface area (TPSA) is 151 Å². The van der Waals surface area contributed by atoms with Gasteiger partial charge in [0.25, 0.3) is 11.6 Å². The number of carbonyl (C=O) groups excluding carboxylic acids is 2. The molecule has 0 radical (unpaired) electrons. The van der Waals surface area contributed by atoms with E-state index < -0.39 is 26.9 Å². The van der Waals surface area contributed by atoms with Crippen LogP contribution in [0.2, 0.25) is 0 Å². The molecule has 32 heavy (non-hydrogen) atoms. The van der Waals surface area contributed by atoms with E-state index in [2.05, 4.69) is 15.1 Å². The number of hydrogen-bond acceptors (Lipinski definition) is 8. The second kappa shape index (κ2) is 9.66. The molecule has 0 saturated carbocycles. The quantitative estimate of drug-likeness (QED) is 0.325. The molecule has 3 rings (SSSR count). The maximum absolute atomic E-state index is 12.5. The van der Waals surface area contributed by atoms with E-state index in [4.69, 9.17) is 0 Å². The molecule has 1 unspecified atom stereocenters. The Kier molecular flexibility index (Phi) is 6.95. The average Bonchev–Trinajstić information content (AvgIpc) is 3.23. The summed E-state index contributed by atoms with van der Waals surface area (Å²) in [5, 5.41) is 19.2. The van der Waals surface area contributed by atoms with E-state index in [1.54, 1.807) is 24.3 Å². The van der Waals surface area contributed by atoms with Crippen LogP contribution in [0, 0.1) is 10.1 Å². The molecule has 0 saturated heterocycles. The largest absolute Gasteiger partial charge is 0.350 e. The molecule has 1 amide bonds. The fourth-order valence-corrected chi connectivity index (χ4v) is 4.16. The van der Waals surface area contributed by atoms with Crippen molar-refractivity contribution < 1.29 is 22.9 Å². The highest BCUT2D eigenvalue weighted by molar-refractivity contribution is 7.89. The minimum absolute atomic E-state index is 0.0396. The number of para-hydroxylation sites is 1. The van der Waals surface area contributed by atoms with Crippen LogP contribution in [-0.4, -0.2) is 49.9 Å². The van der Waals surface area contributed by atoms with Crippen LogP contribution < -0.4 is 15.0 Å². The summed E-state index contributed by atoms with van der Waals surface area (Å²) in [5.41, 5.74) is 0.499. The van der Waals surface area contributed by atoms with Crippen molar-refractivity contribution >= 4 is 38.8 Å². The summed E-state index contributed by atoms with van der Waals surface area (Å²) in [4.78, 5) is 34.4. The molecular formula is C20H21N5O6S. The van der Waals surface area contributed by atoms with Gasteiger partial charge in [-0.05, 0) is 25.1 Å². The molecule has 12 heteroatoms. The zero-order valence-corrected chi connectivity index (χ0v) is 17.9. The summed E-state index contributed by atoms with van der Waals surface area (Å²) in [5.74, 6) is -0.644. The summed E-state index contributed by atoms with van der Waals surface area (Å²) >= 11 is 0. The Morgan fingerprint density at radius 3 is 2.53 bits per heavy atom. The number of nitrogens with one attached hydrogen (secondary N) is 2. The van der Waals surface area contributed by atoms with Crippen LogP contribution in [0.5, 0.6) is 0 Å². The summed E-state index contributed by atoms with van der Waals surface area (Å²) in [6.07, 6.45) is 0.134. The Morgan fingerprint density at radius 2 is 1.88 bits per heavy atom. The molecule has 2 aromatic rings. The van der Waals surface area contributed by atoms with Crippen LogP contribution in [0.1, 0.15) is 13.3 Å². The maximum Gasteiger partial charge on any atom is 0.270 e. The Bertz CT molecular complexity index is 1170. The van der Waals surface area contributed by atoms with Gasteiger partial charge in [0.2, 0.25) is 10.0 Å². The fourth-order valence-electron chi connectivity index (χ4n) is 3.09. The molecule has 1 atom stereocenters. The number of non-ortho nitro benzene ring substituents is 1. The predicted octanol–water partition coefficient (Wildman–Crippen LogP) is 1.21. The number of nitrogens with zero attached hydrogens (tertiary/aromatic N) is 3.